The second-order valence-electron chi connectivity index (χ2n) is 7.01. The Morgan fingerprint density at radius 1 is 1.22 bits per heavy atom. The SMILES string of the molecule is Nc1cc(C(=O)N2CCN(CCCc3ccccc3)[C@H](CCO)C2)ccn1. The molecule has 1 atom stereocenters. The number of aliphatic hydroxyl groups is 1. The zero-order valence-corrected chi connectivity index (χ0v) is 15.6. The van der Waals surface area contributed by atoms with Crippen molar-refractivity contribution in [3.63, 3.8) is 0 Å². The van der Waals surface area contributed by atoms with E-state index < -0.39 is 0 Å². The topological polar surface area (TPSA) is 82.7 Å². The summed E-state index contributed by atoms with van der Waals surface area (Å²) in [5.74, 6) is 0.336. The van der Waals surface area contributed by atoms with Gasteiger partial charge in [-0.2, -0.15) is 0 Å². The van der Waals surface area contributed by atoms with Gasteiger partial charge in [0.1, 0.15) is 5.82 Å². The third-order valence-corrected chi connectivity index (χ3v) is 5.14. The molecule has 0 radical (unpaired) electrons. The Bertz CT molecular complexity index is 738. The van der Waals surface area contributed by atoms with Crippen molar-refractivity contribution in [2.75, 3.05) is 38.5 Å². The van der Waals surface area contributed by atoms with Crippen LogP contribution in [0.25, 0.3) is 0 Å². The van der Waals surface area contributed by atoms with Crippen LogP contribution in [0.15, 0.2) is 48.7 Å². The Kier molecular flexibility index (Phi) is 6.79. The number of benzene rings is 1. The normalized spacial score (nSPS) is 17.8. The molecular formula is C21H28N4O2. The van der Waals surface area contributed by atoms with Crippen LogP contribution in [0.5, 0.6) is 0 Å². The summed E-state index contributed by atoms with van der Waals surface area (Å²) in [6, 6.07) is 14.0. The molecule has 1 aromatic heterocycles. The fraction of sp³-hybridized carbons (Fsp3) is 0.429. The summed E-state index contributed by atoms with van der Waals surface area (Å²) in [7, 11) is 0. The fourth-order valence-corrected chi connectivity index (χ4v) is 3.69. The maximum absolute atomic E-state index is 12.8. The Labute approximate surface area is 160 Å². The van der Waals surface area contributed by atoms with Gasteiger partial charge in [0.15, 0.2) is 0 Å². The van der Waals surface area contributed by atoms with Gasteiger partial charge < -0.3 is 15.7 Å². The molecule has 144 valence electrons. The molecule has 6 nitrogen and oxygen atoms in total. The largest absolute Gasteiger partial charge is 0.396 e. The number of nitrogens with zero attached hydrogens (tertiary/aromatic N) is 3. The summed E-state index contributed by atoms with van der Waals surface area (Å²) in [6.07, 6.45) is 4.35. The average molecular weight is 368 g/mol. The summed E-state index contributed by atoms with van der Waals surface area (Å²) in [4.78, 5) is 21.0. The lowest BCUT2D eigenvalue weighted by molar-refractivity contribution is 0.0419. The summed E-state index contributed by atoms with van der Waals surface area (Å²) < 4.78 is 0. The minimum Gasteiger partial charge on any atom is -0.396 e. The number of amides is 1. The molecule has 0 saturated carbocycles. The highest BCUT2D eigenvalue weighted by Crippen LogP contribution is 2.17. The van der Waals surface area contributed by atoms with Gasteiger partial charge in [0.05, 0.1) is 0 Å². The Morgan fingerprint density at radius 2 is 2.04 bits per heavy atom. The third-order valence-electron chi connectivity index (χ3n) is 5.14. The molecule has 3 rings (SSSR count). The number of carbonyl (C=O) groups is 1. The first-order chi connectivity index (χ1) is 13.2. The zero-order valence-electron chi connectivity index (χ0n) is 15.6. The van der Waals surface area contributed by atoms with E-state index in [-0.39, 0.29) is 18.6 Å². The van der Waals surface area contributed by atoms with Crippen LogP contribution in [0.4, 0.5) is 5.82 Å². The van der Waals surface area contributed by atoms with Gasteiger partial charge >= 0.3 is 0 Å². The zero-order chi connectivity index (χ0) is 19.1. The van der Waals surface area contributed by atoms with Crippen molar-refractivity contribution in [1.29, 1.82) is 0 Å². The van der Waals surface area contributed by atoms with Crippen molar-refractivity contribution in [3.8, 4) is 0 Å². The summed E-state index contributed by atoms with van der Waals surface area (Å²) >= 11 is 0. The van der Waals surface area contributed by atoms with Crippen LogP contribution >= 0.6 is 0 Å². The van der Waals surface area contributed by atoms with E-state index in [1.165, 1.54) is 5.56 Å². The lowest BCUT2D eigenvalue weighted by Gasteiger charge is -2.41. The molecule has 1 fully saturated rings. The summed E-state index contributed by atoms with van der Waals surface area (Å²) in [5, 5.41) is 9.46. The molecule has 0 bridgehead atoms. The molecule has 1 aliphatic rings. The number of aliphatic hydroxyl groups excluding tert-OH is 1. The van der Waals surface area contributed by atoms with Gasteiger partial charge in [-0.1, -0.05) is 30.3 Å². The monoisotopic (exact) mass is 368 g/mol. The van der Waals surface area contributed by atoms with Crippen molar-refractivity contribution in [2.45, 2.75) is 25.3 Å². The van der Waals surface area contributed by atoms with E-state index in [9.17, 15) is 9.90 Å². The van der Waals surface area contributed by atoms with Crippen molar-refractivity contribution in [1.82, 2.24) is 14.8 Å². The molecule has 1 amide bonds. The number of aromatic nitrogens is 1. The molecule has 2 heterocycles. The van der Waals surface area contributed by atoms with E-state index in [0.29, 0.717) is 30.9 Å². The molecule has 0 aliphatic carbocycles. The van der Waals surface area contributed by atoms with Crippen LogP contribution in [-0.4, -0.2) is 64.6 Å². The van der Waals surface area contributed by atoms with E-state index in [1.54, 1.807) is 18.3 Å². The highest BCUT2D eigenvalue weighted by Gasteiger charge is 2.29. The lowest BCUT2D eigenvalue weighted by atomic mass is 10.1. The summed E-state index contributed by atoms with van der Waals surface area (Å²) in [5.41, 5.74) is 7.62. The Morgan fingerprint density at radius 3 is 2.78 bits per heavy atom. The van der Waals surface area contributed by atoms with Gasteiger partial charge in [0.2, 0.25) is 0 Å². The molecule has 3 N–H and O–H groups in total. The molecule has 1 saturated heterocycles. The van der Waals surface area contributed by atoms with Gasteiger partial charge in [-0.3, -0.25) is 9.69 Å². The van der Waals surface area contributed by atoms with Crippen LogP contribution in [-0.2, 0) is 6.42 Å². The van der Waals surface area contributed by atoms with E-state index >= 15 is 0 Å². The van der Waals surface area contributed by atoms with Gasteiger partial charge in [-0.25, -0.2) is 4.98 Å². The smallest absolute Gasteiger partial charge is 0.254 e. The molecule has 6 heteroatoms. The van der Waals surface area contributed by atoms with Crippen molar-refractivity contribution >= 4 is 11.7 Å². The molecule has 27 heavy (non-hydrogen) atoms. The van der Waals surface area contributed by atoms with Crippen molar-refractivity contribution in [2.24, 2.45) is 0 Å². The number of rotatable bonds is 7. The molecule has 0 unspecified atom stereocenters. The minimum atomic E-state index is -0.0176. The predicted octanol–water partition coefficient (Wildman–Crippen LogP) is 1.81. The van der Waals surface area contributed by atoms with E-state index in [2.05, 4.69) is 34.1 Å². The van der Waals surface area contributed by atoms with E-state index in [4.69, 9.17) is 5.73 Å². The average Bonchev–Trinajstić information content (AvgIpc) is 2.69. The molecule has 0 spiro atoms. The number of anilines is 1. The standard InChI is InChI=1S/C21H28N4O2/c22-20-15-18(8-10-23-20)21(27)25-13-12-24(19(16-25)9-14-26)11-4-7-17-5-2-1-3-6-17/h1-3,5-6,8,10,15,19,26H,4,7,9,11-14,16H2,(H2,22,23)/t19-/m1/s1. The van der Waals surface area contributed by atoms with Crippen LogP contribution < -0.4 is 5.73 Å². The predicted molar refractivity (Wildman–Crippen MR) is 106 cm³/mol. The number of aryl methyl sites for hydroxylation is 1. The van der Waals surface area contributed by atoms with Gasteiger partial charge in [0.25, 0.3) is 5.91 Å². The maximum Gasteiger partial charge on any atom is 0.254 e. The number of hydrogen-bond donors (Lipinski definition) is 2. The van der Waals surface area contributed by atoms with Gasteiger partial charge in [-0.05, 0) is 43.5 Å². The highest BCUT2D eigenvalue weighted by atomic mass is 16.3. The highest BCUT2D eigenvalue weighted by molar-refractivity contribution is 5.94. The second kappa shape index (κ2) is 9.48. The molecular weight excluding hydrogens is 340 g/mol. The molecule has 1 aromatic carbocycles. The molecule has 1 aliphatic heterocycles. The van der Waals surface area contributed by atoms with E-state index in [0.717, 1.165) is 25.9 Å². The first-order valence-corrected chi connectivity index (χ1v) is 9.57. The fourth-order valence-electron chi connectivity index (χ4n) is 3.69. The number of nitrogen functional groups attached to an aromatic ring is 1. The quantitative estimate of drug-likeness (QED) is 0.779. The maximum atomic E-state index is 12.8. The molecule has 2 aromatic rings. The number of hydrogen-bond acceptors (Lipinski definition) is 5. The van der Waals surface area contributed by atoms with Crippen LogP contribution in [0.1, 0.15) is 28.8 Å². The minimum absolute atomic E-state index is 0.0176. The number of carbonyl (C=O) groups excluding carboxylic acids is 1. The second-order valence-corrected chi connectivity index (χ2v) is 7.01. The van der Waals surface area contributed by atoms with Crippen molar-refractivity contribution in [3.05, 3.63) is 59.8 Å². The van der Waals surface area contributed by atoms with E-state index in [1.807, 2.05) is 11.0 Å². The summed E-state index contributed by atoms with van der Waals surface area (Å²) in [6.45, 7) is 3.25. The van der Waals surface area contributed by atoms with Crippen LogP contribution in [0, 0.1) is 0 Å². The van der Waals surface area contributed by atoms with Crippen LogP contribution in [0.2, 0.25) is 0 Å². The first kappa shape index (κ1) is 19.3. The number of piperazine rings is 1. The van der Waals surface area contributed by atoms with Crippen LogP contribution in [0.3, 0.4) is 0 Å². The van der Waals surface area contributed by atoms with Crippen molar-refractivity contribution < 1.29 is 9.90 Å². The lowest BCUT2D eigenvalue weighted by Crippen LogP contribution is -2.55. The Hall–Kier alpha value is -2.44. The third kappa shape index (κ3) is 5.28. The number of pyridine rings is 1. The number of nitrogens with two attached hydrogens (primary N) is 1. The van der Waals surface area contributed by atoms with Gasteiger partial charge in [0, 0.05) is 44.0 Å². The Balaban J connectivity index is 1.56. The van der Waals surface area contributed by atoms with Gasteiger partial charge in [-0.15, -0.1) is 0 Å². The first-order valence-electron chi connectivity index (χ1n) is 9.57.